The van der Waals surface area contributed by atoms with Gasteiger partial charge in [0.15, 0.2) is 0 Å². The molecule has 0 amide bonds. The van der Waals surface area contributed by atoms with Gasteiger partial charge >= 0.3 is 0 Å². The monoisotopic (exact) mass is 343 g/mol. The normalized spacial score (nSPS) is 10.9. The minimum Gasteiger partial charge on any atom is -0.421 e. The van der Waals surface area contributed by atoms with Crippen molar-refractivity contribution in [2.45, 2.75) is 19.8 Å². The lowest BCUT2D eigenvalue weighted by molar-refractivity contribution is 0.492. The highest BCUT2D eigenvalue weighted by molar-refractivity contribution is 9.10. The SMILES string of the molecule is CCNCCCc1nnc(-c2cccc(Br)c2Cl)o1. The van der Waals surface area contributed by atoms with Gasteiger partial charge in [0, 0.05) is 10.9 Å². The molecule has 1 N–H and O–H groups in total. The standard InChI is InChI=1S/C13H15BrClN3O/c1-2-16-8-4-7-11-17-18-13(19-11)9-5-3-6-10(14)12(9)15/h3,5-6,16H,2,4,7-8H2,1H3. The Labute approximate surface area is 125 Å². The van der Waals surface area contributed by atoms with Crippen LogP contribution in [0.1, 0.15) is 19.2 Å². The Morgan fingerprint density at radius 3 is 3.00 bits per heavy atom. The molecule has 4 nitrogen and oxygen atoms in total. The fourth-order valence-corrected chi connectivity index (χ4v) is 2.25. The average molecular weight is 345 g/mol. The Hall–Kier alpha value is -0.910. The highest BCUT2D eigenvalue weighted by Gasteiger charge is 2.13. The molecule has 0 saturated carbocycles. The largest absolute Gasteiger partial charge is 0.421 e. The summed E-state index contributed by atoms with van der Waals surface area (Å²) >= 11 is 9.58. The van der Waals surface area contributed by atoms with E-state index >= 15 is 0 Å². The summed E-state index contributed by atoms with van der Waals surface area (Å²) in [5.41, 5.74) is 0.751. The van der Waals surface area contributed by atoms with Gasteiger partial charge in [0.25, 0.3) is 0 Å². The Bertz CT molecular complexity index is 544. The molecule has 1 aromatic heterocycles. The minimum atomic E-state index is 0.463. The Morgan fingerprint density at radius 2 is 2.21 bits per heavy atom. The predicted octanol–water partition coefficient (Wildman–Crippen LogP) is 3.69. The van der Waals surface area contributed by atoms with E-state index in [0.29, 0.717) is 16.8 Å². The first-order chi connectivity index (χ1) is 9.22. The maximum absolute atomic E-state index is 6.20. The van der Waals surface area contributed by atoms with Crippen LogP contribution in [0.15, 0.2) is 27.1 Å². The number of nitrogens with one attached hydrogen (secondary N) is 1. The highest BCUT2D eigenvalue weighted by Crippen LogP contribution is 2.32. The molecule has 19 heavy (non-hydrogen) atoms. The van der Waals surface area contributed by atoms with E-state index < -0.39 is 0 Å². The summed E-state index contributed by atoms with van der Waals surface area (Å²) in [6.07, 6.45) is 1.74. The van der Waals surface area contributed by atoms with Crippen molar-refractivity contribution < 1.29 is 4.42 Å². The number of aryl methyl sites for hydroxylation is 1. The molecular weight excluding hydrogens is 330 g/mol. The van der Waals surface area contributed by atoms with Gasteiger partial charge in [-0.1, -0.05) is 24.6 Å². The smallest absolute Gasteiger partial charge is 0.249 e. The summed E-state index contributed by atoms with van der Waals surface area (Å²) in [7, 11) is 0. The third-order valence-electron chi connectivity index (χ3n) is 2.64. The quantitative estimate of drug-likeness (QED) is 0.812. The van der Waals surface area contributed by atoms with Gasteiger partial charge in [-0.25, -0.2) is 0 Å². The number of nitrogens with zero attached hydrogens (tertiary/aromatic N) is 2. The first kappa shape index (κ1) is 14.5. The van der Waals surface area contributed by atoms with Crippen molar-refractivity contribution in [3.63, 3.8) is 0 Å². The maximum Gasteiger partial charge on any atom is 0.249 e. The lowest BCUT2D eigenvalue weighted by atomic mass is 10.2. The molecule has 0 aliphatic carbocycles. The molecule has 0 spiro atoms. The summed E-state index contributed by atoms with van der Waals surface area (Å²) in [4.78, 5) is 0. The molecule has 0 atom stereocenters. The first-order valence-electron chi connectivity index (χ1n) is 6.20. The second kappa shape index (κ2) is 7.03. The van der Waals surface area contributed by atoms with Crippen molar-refractivity contribution in [3.8, 4) is 11.5 Å². The molecule has 2 aromatic rings. The van der Waals surface area contributed by atoms with E-state index in [1.807, 2.05) is 18.2 Å². The van der Waals surface area contributed by atoms with E-state index in [0.717, 1.165) is 36.0 Å². The van der Waals surface area contributed by atoms with Crippen molar-refractivity contribution in [2.24, 2.45) is 0 Å². The van der Waals surface area contributed by atoms with Crippen molar-refractivity contribution in [1.29, 1.82) is 0 Å². The zero-order chi connectivity index (χ0) is 13.7. The Kier molecular flexibility index (Phi) is 5.36. The van der Waals surface area contributed by atoms with Crippen LogP contribution in [0, 0.1) is 0 Å². The van der Waals surface area contributed by atoms with E-state index in [2.05, 4.69) is 38.4 Å². The first-order valence-corrected chi connectivity index (χ1v) is 7.37. The lowest BCUT2D eigenvalue weighted by Gasteiger charge is -2.00. The van der Waals surface area contributed by atoms with Gasteiger partial charge in [0.2, 0.25) is 11.8 Å². The van der Waals surface area contributed by atoms with Crippen LogP contribution in [0.25, 0.3) is 11.5 Å². The van der Waals surface area contributed by atoms with E-state index in [-0.39, 0.29) is 0 Å². The van der Waals surface area contributed by atoms with E-state index in [9.17, 15) is 0 Å². The molecular formula is C13H15BrClN3O. The summed E-state index contributed by atoms with van der Waals surface area (Å²) in [5.74, 6) is 1.11. The molecule has 0 radical (unpaired) electrons. The molecule has 1 aromatic carbocycles. The van der Waals surface area contributed by atoms with Crippen molar-refractivity contribution in [3.05, 3.63) is 33.6 Å². The van der Waals surface area contributed by atoms with Gasteiger partial charge in [0.1, 0.15) is 0 Å². The molecule has 6 heteroatoms. The molecule has 0 aliphatic heterocycles. The summed E-state index contributed by atoms with van der Waals surface area (Å²) in [5, 5.41) is 11.9. The molecule has 0 aliphatic rings. The molecule has 0 saturated heterocycles. The predicted molar refractivity (Wildman–Crippen MR) is 79.3 cm³/mol. The number of aromatic nitrogens is 2. The molecule has 0 fully saturated rings. The van der Waals surface area contributed by atoms with Gasteiger partial charge in [-0.3, -0.25) is 0 Å². The number of benzene rings is 1. The fourth-order valence-electron chi connectivity index (χ4n) is 1.67. The topological polar surface area (TPSA) is 51.0 Å². The van der Waals surface area contributed by atoms with Crippen molar-refractivity contribution in [1.82, 2.24) is 15.5 Å². The zero-order valence-corrected chi connectivity index (χ0v) is 13.0. The maximum atomic E-state index is 6.20. The number of rotatable bonds is 6. The van der Waals surface area contributed by atoms with E-state index in [4.69, 9.17) is 16.0 Å². The van der Waals surface area contributed by atoms with Crippen LogP contribution in [0.5, 0.6) is 0 Å². The third kappa shape index (κ3) is 3.78. The second-order valence-corrected chi connectivity index (χ2v) is 5.29. The average Bonchev–Trinajstić information content (AvgIpc) is 2.87. The number of hydrogen-bond acceptors (Lipinski definition) is 4. The van der Waals surface area contributed by atoms with Crippen molar-refractivity contribution in [2.75, 3.05) is 13.1 Å². The van der Waals surface area contributed by atoms with Crippen LogP contribution in [0.4, 0.5) is 0 Å². The van der Waals surface area contributed by atoms with Gasteiger partial charge in [-0.15, -0.1) is 10.2 Å². The molecule has 0 unspecified atom stereocenters. The summed E-state index contributed by atoms with van der Waals surface area (Å²) in [6, 6.07) is 5.63. The van der Waals surface area contributed by atoms with Gasteiger partial charge < -0.3 is 9.73 Å². The van der Waals surface area contributed by atoms with Crippen LogP contribution in [0.2, 0.25) is 5.02 Å². The second-order valence-electron chi connectivity index (χ2n) is 4.06. The fraction of sp³-hybridized carbons (Fsp3) is 0.385. The van der Waals surface area contributed by atoms with E-state index in [1.165, 1.54) is 0 Å². The molecule has 1 heterocycles. The van der Waals surface area contributed by atoms with Crippen LogP contribution in [0.3, 0.4) is 0 Å². The van der Waals surface area contributed by atoms with Gasteiger partial charge in [-0.2, -0.15) is 0 Å². The van der Waals surface area contributed by atoms with Gasteiger partial charge in [-0.05, 0) is 47.6 Å². The van der Waals surface area contributed by atoms with Crippen LogP contribution in [-0.4, -0.2) is 23.3 Å². The Balaban J connectivity index is 2.06. The highest BCUT2D eigenvalue weighted by atomic mass is 79.9. The zero-order valence-electron chi connectivity index (χ0n) is 10.6. The number of hydrogen-bond donors (Lipinski definition) is 1. The third-order valence-corrected chi connectivity index (χ3v) is 3.94. The van der Waals surface area contributed by atoms with Gasteiger partial charge in [0.05, 0.1) is 10.6 Å². The summed E-state index contributed by atoms with van der Waals surface area (Å²) < 4.78 is 6.45. The van der Waals surface area contributed by atoms with Crippen LogP contribution in [-0.2, 0) is 6.42 Å². The van der Waals surface area contributed by atoms with Crippen LogP contribution >= 0.6 is 27.5 Å². The summed E-state index contributed by atoms with van der Waals surface area (Å²) in [6.45, 7) is 4.01. The molecule has 0 bridgehead atoms. The van der Waals surface area contributed by atoms with Crippen LogP contribution < -0.4 is 5.32 Å². The number of halogens is 2. The van der Waals surface area contributed by atoms with E-state index in [1.54, 1.807) is 0 Å². The van der Waals surface area contributed by atoms with Crippen molar-refractivity contribution >= 4 is 27.5 Å². The lowest BCUT2D eigenvalue weighted by Crippen LogP contribution is -2.14. The Morgan fingerprint density at radius 1 is 1.37 bits per heavy atom. The molecule has 2 rings (SSSR count). The minimum absolute atomic E-state index is 0.463. The molecule has 102 valence electrons.